The highest BCUT2D eigenvalue weighted by molar-refractivity contribution is 5.38. The molecule has 92 valence electrons. The molecular formula is C16H22O. The van der Waals surface area contributed by atoms with Crippen molar-refractivity contribution in [1.82, 2.24) is 0 Å². The topological polar surface area (TPSA) is 9.23 Å². The van der Waals surface area contributed by atoms with Gasteiger partial charge in [-0.2, -0.15) is 0 Å². The van der Waals surface area contributed by atoms with Gasteiger partial charge in [0.25, 0.3) is 0 Å². The molecule has 0 aliphatic rings. The first-order chi connectivity index (χ1) is 7.95. The van der Waals surface area contributed by atoms with Crippen molar-refractivity contribution in [3.8, 4) is 18.1 Å². The van der Waals surface area contributed by atoms with Crippen LogP contribution in [0, 0.1) is 19.3 Å². The quantitative estimate of drug-likeness (QED) is 0.559. The number of ether oxygens (including phenoxy) is 1. The van der Waals surface area contributed by atoms with E-state index in [0.717, 1.165) is 18.6 Å². The zero-order chi connectivity index (χ0) is 12.9. The Bertz CT molecular complexity index is 405. The maximum absolute atomic E-state index is 5.71. The van der Waals surface area contributed by atoms with Crippen LogP contribution in [0.1, 0.15) is 44.7 Å². The molecule has 0 aliphatic heterocycles. The van der Waals surface area contributed by atoms with Crippen LogP contribution >= 0.6 is 0 Å². The first kappa shape index (κ1) is 13.6. The number of unbranched alkanes of at least 4 members (excludes halogenated alkanes) is 1. The monoisotopic (exact) mass is 230 g/mol. The minimum Gasteiger partial charge on any atom is -0.493 e. The molecule has 0 bridgehead atoms. The van der Waals surface area contributed by atoms with Gasteiger partial charge in [-0.05, 0) is 36.0 Å². The Morgan fingerprint density at radius 1 is 1.29 bits per heavy atom. The van der Waals surface area contributed by atoms with Crippen molar-refractivity contribution in [3.63, 3.8) is 0 Å². The molecule has 1 rings (SSSR count). The van der Waals surface area contributed by atoms with Crippen LogP contribution in [-0.2, 0) is 5.41 Å². The van der Waals surface area contributed by atoms with E-state index in [1.165, 1.54) is 11.1 Å². The fraction of sp³-hybridized carbons (Fsp3) is 0.500. The van der Waals surface area contributed by atoms with E-state index in [4.69, 9.17) is 11.2 Å². The van der Waals surface area contributed by atoms with E-state index < -0.39 is 0 Å². The Balaban J connectivity index is 2.68. The molecule has 0 amide bonds. The van der Waals surface area contributed by atoms with Crippen LogP contribution in [0.3, 0.4) is 0 Å². The number of hydrogen-bond acceptors (Lipinski definition) is 1. The molecule has 0 unspecified atom stereocenters. The van der Waals surface area contributed by atoms with Crippen molar-refractivity contribution in [2.75, 3.05) is 6.61 Å². The molecule has 0 heterocycles. The third kappa shape index (κ3) is 4.15. The predicted molar refractivity (Wildman–Crippen MR) is 73.4 cm³/mol. The minimum atomic E-state index is 0.187. The SMILES string of the molecule is C#CCCCOc1ccc(C(C)(C)C)cc1C. The average molecular weight is 230 g/mol. The largest absolute Gasteiger partial charge is 0.493 e. The Morgan fingerprint density at radius 2 is 2.00 bits per heavy atom. The van der Waals surface area contributed by atoms with Crippen LogP contribution in [0.25, 0.3) is 0 Å². The van der Waals surface area contributed by atoms with Crippen molar-refractivity contribution in [2.45, 2.75) is 46.0 Å². The van der Waals surface area contributed by atoms with Crippen LogP contribution in [-0.4, -0.2) is 6.61 Å². The minimum absolute atomic E-state index is 0.187. The number of benzene rings is 1. The van der Waals surface area contributed by atoms with E-state index in [1.54, 1.807) is 0 Å². The van der Waals surface area contributed by atoms with Gasteiger partial charge in [-0.15, -0.1) is 12.3 Å². The lowest BCUT2D eigenvalue weighted by molar-refractivity contribution is 0.310. The summed E-state index contributed by atoms with van der Waals surface area (Å²) >= 11 is 0. The molecule has 0 aliphatic carbocycles. The first-order valence-corrected chi connectivity index (χ1v) is 6.12. The summed E-state index contributed by atoms with van der Waals surface area (Å²) in [6.45, 7) is 9.44. The molecule has 0 fully saturated rings. The summed E-state index contributed by atoms with van der Waals surface area (Å²) < 4.78 is 5.71. The Labute approximate surface area is 105 Å². The van der Waals surface area contributed by atoms with Gasteiger partial charge >= 0.3 is 0 Å². The van der Waals surface area contributed by atoms with Gasteiger partial charge in [0, 0.05) is 6.42 Å². The van der Waals surface area contributed by atoms with E-state index in [-0.39, 0.29) is 5.41 Å². The first-order valence-electron chi connectivity index (χ1n) is 6.12. The lowest BCUT2D eigenvalue weighted by Gasteiger charge is -2.20. The van der Waals surface area contributed by atoms with E-state index in [9.17, 15) is 0 Å². The Hall–Kier alpha value is -1.42. The van der Waals surface area contributed by atoms with Crippen molar-refractivity contribution >= 4 is 0 Å². The van der Waals surface area contributed by atoms with Gasteiger partial charge in [0.15, 0.2) is 0 Å². The molecular weight excluding hydrogens is 208 g/mol. The van der Waals surface area contributed by atoms with Gasteiger partial charge in [-0.25, -0.2) is 0 Å². The van der Waals surface area contributed by atoms with E-state index in [2.05, 4.69) is 51.8 Å². The molecule has 0 saturated heterocycles. The maximum Gasteiger partial charge on any atom is 0.122 e. The second kappa shape index (κ2) is 5.77. The van der Waals surface area contributed by atoms with Gasteiger partial charge in [-0.1, -0.05) is 32.9 Å². The summed E-state index contributed by atoms with van der Waals surface area (Å²) in [6, 6.07) is 6.41. The third-order valence-corrected chi connectivity index (χ3v) is 2.76. The highest BCUT2D eigenvalue weighted by atomic mass is 16.5. The molecule has 0 N–H and O–H groups in total. The van der Waals surface area contributed by atoms with Gasteiger partial charge in [0.2, 0.25) is 0 Å². The summed E-state index contributed by atoms with van der Waals surface area (Å²) in [5.41, 5.74) is 2.72. The molecule has 1 nitrogen and oxygen atoms in total. The van der Waals surface area contributed by atoms with Crippen molar-refractivity contribution in [2.24, 2.45) is 0 Å². The van der Waals surface area contributed by atoms with Crippen molar-refractivity contribution < 1.29 is 4.74 Å². The summed E-state index contributed by atoms with van der Waals surface area (Å²) in [5.74, 6) is 3.59. The summed E-state index contributed by atoms with van der Waals surface area (Å²) in [7, 11) is 0. The highest BCUT2D eigenvalue weighted by Gasteiger charge is 2.14. The predicted octanol–water partition coefficient (Wildman–Crippen LogP) is 4.08. The Kier molecular flexibility index (Phi) is 4.63. The average Bonchev–Trinajstić information content (AvgIpc) is 2.24. The zero-order valence-corrected chi connectivity index (χ0v) is 11.3. The fourth-order valence-electron chi connectivity index (χ4n) is 1.63. The standard InChI is InChI=1S/C16H22O/c1-6-7-8-11-17-15-10-9-14(12-13(15)2)16(3,4)5/h1,9-10,12H,7-8,11H2,2-5H3. The summed E-state index contributed by atoms with van der Waals surface area (Å²) in [6.07, 6.45) is 6.89. The van der Waals surface area contributed by atoms with Crippen molar-refractivity contribution in [3.05, 3.63) is 29.3 Å². The van der Waals surface area contributed by atoms with E-state index in [0.29, 0.717) is 6.61 Å². The van der Waals surface area contributed by atoms with Gasteiger partial charge in [0.05, 0.1) is 6.61 Å². The normalized spacial score (nSPS) is 11.0. The number of rotatable bonds is 4. The molecule has 17 heavy (non-hydrogen) atoms. The van der Waals surface area contributed by atoms with Gasteiger partial charge in [-0.3, -0.25) is 0 Å². The third-order valence-electron chi connectivity index (χ3n) is 2.76. The highest BCUT2D eigenvalue weighted by Crippen LogP contribution is 2.27. The number of aryl methyl sites for hydroxylation is 1. The second-order valence-corrected chi connectivity index (χ2v) is 5.39. The van der Waals surface area contributed by atoms with Crippen LogP contribution < -0.4 is 4.74 Å². The van der Waals surface area contributed by atoms with Gasteiger partial charge < -0.3 is 4.74 Å². The molecule has 0 atom stereocenters. The summed E-state index contributed by atoms with van der Waals surface area (Å²) in [4.78, 5) is 0. The lowest BCUT2D eigenvalue weighted by atomic mass is 9.86. The van der Waals surface area contributed by atoms with Crippen LogP contribution in [0.4, 0.5) is 0 Å². The fourth-order valence-corrected chi connectivity index (χ4v) is 1.63. The van der Waals surface area contributed by atoms with Gasteiger partial charge in [0.1, 0.15) is 5.75 Å². The molecule has 1 heteroatoms. The van der Waals surface area contributed by atoms with Crippen LogP contribution in [0.5, 0.6) is 5.75 Å². The number of hydrogen-bond donors (Lipinski definition) is 0. The number of terminal acetylenes is 1. The van der Waals surface area contributed by atoms with E-state index in [1.807, 2.05) is 0 Å². The molecule has 1 aromatic rings. The lowest BCUT2D eigenvalue weighted by Crippen LogP contribution is -2.11. The molecule has 0 radical (unpaired) electrons. The molecule has 0 spiro atoms. The summed E-state index contributed by atoms with van der Waals surface area (Å²) in [5, 5.41) is 0. The van der Waals surface area contributed by atoms with Crippen LogP contribution in [0.15, 0.2) is 18.2 Å². The molecule has 1 aromatic carbocycles. The van der Waals surface area contributed by atoms with Crippen molar-refractivity contribution in [1.29, 1.82) is 0 Å². The maximum atomic E-state index is 5.71. The second-order valence-electron chi connectivity index (χ2n) is 5.39. The van der Waals surface area contributed by atoms with E-state index >= 15 is 0 Å². The molecule has 0 saturated carbocycles. The van der Waals surface area contributed by atoms with Crippen LogP contribution in [0.2, 0.25) is 0 Å². The molecule has 0 aromatic heterocycles. The Morgan fingerprint density at radius 3 is 2.53 bits per heavy atom. The zero-order valence-electron chi connectivity index (χ0n) is 11.3. The smallest absolute Gasteiger partial charge is 0.122 e.